The standard InChI is InChI=1S/C41H62O14/c1-36(2)23-8-11-41(7)31(21(42)16-19-20-17-38(4,35(50)51)13-12-37(20,3)14-15-40(19,41)6)39(23,5)10-9-24(36)53-34-30(27(46)26(45)29(54-34)32(48)49)55-33-28(47)25(44)22(43)18-52-33/h16,20,22-31,33-34,43-47H,8-15,17-18H2,1-7H3,(H,48,49)(H,50,51)/t20-,22+,23+,24-,25-,26-,27+,28-,29-,30-,31-,33+,34-,37+,38-,39-,40+,41-/m0/s1. The zero-order chi connectivity index (χ0) is 40.4. The maximum atomic E-state index is 14.8. The molecule has 2 saturated heterocycles. The quantitative estimate of drug-likeness (QED) is 0.193. The number of ketones is 1. The van der Waals surface area contributed by atoms with Crippen molar-refractivity contribution in [1.82, 2.24) is 0 Å². The molecular weight excluding hydrogens is 716 g/mol. The van der Waals surface area contributed by atoms with Gasteiger partial charge in [0.1, 0.15) is 36.6 Å². The number of carboxylic acids is 2. The van der Waals surface area contributed by atoms with Crippen LogP contribution in [0.3, 0.4) is 0 Å². The molecule has 7 aliphatic rings. The third-order valence-electron chi connectivity index (χ3n) is 16.9. The smallest absolute Gasteiger partial charge is 0.335 e. The van der Waals surface area contributed by atoms with Crippen molar-refractivity contribution in [1.29, 1.82) is 0 Å². The highest BCUT2D eigenvalue weighted by atomic mass is 16.8. The molecule has 0 aromatic rings. The lowest BCUT2D eigenvalue weighted by molar-refractivity contribution is -0.365. The number of aliphatic hydroxyl groups excluding tert-OH is 5. The fraction of sp³-hybridized carbons (Fsp3) is 0.878. The molecule has 4 saturated carbocycles. The third-order valence-corrected chi connectivity index (χ3v) is 16.9. The Balaban J connectivity index is 1.17. The van der Waals surface area contributed by atoms with Gasteiger partial charge in [-0.15, -0.1) is 0 Å². The lowest BCUT2D eigenvalue weighted by Gasteiger charge is -2.70. The molecule has 0 aromatic heterocycles. The van der Waals surface area contributed by atoms with Crippen LogP contribution in [0.15, 0.2) is 11.6 Å². The minimum absolute atomic E-state index is 0.0107. The summed E-state index contributed by atoms with van der Waals surface area (Å²) in [6.07, 6.45) is -7.13. The summed E-state index contributed by atoms with van der Waals surface area (Å²) in [7, 11) is 0. The summed E-state index contributed by atoms with van der Waals surface area (Å²) >= 11 is 0. The van der Waals surface area contributed by atoms with Gasteiger partial charge < -0.3 is 54.7 Å². The number of hydrogen-bond donors (Lipinski definition) is 7. The van der Waals surface area contributed by atoms with Crippen molar-refractivity contribution in [2.24, 2.45) is 50.2 Å². The molecule has 14 nitrogen and oxygen atoms in total. The molecule has 18 atom stereocenters. The van der Waals surface area contributed by atoms with Crippen LogP contribution in [0.25, 0.3) is 0 Å². The molecule has 2 heterocycles. The fourth-order valence-corrected chi connectivity index (χ4v) is 13.1. The van der Waals surface area contributed by atoms with Crippen molar-refractivity contribution in [2.45, 2.75) is 168 Å². The maximum Gasteiger partial charge on any atom is 0.335 e. The second-order valence-electron chi connectivity index (χ2n) is 20.1. The molecule has 0 bridgehead atoms. The van der Waals surface area contributed by atoms with Crippen molar-refractivity contribution in [3.63, 3.8) is 0 Å². The second kappa shape index (κ2) is 13.5. The zero-order valence-corrected chi connectivity index (χ0v) is 33.1. The van der Waals surface area contributed by atoms with Crippen LogP contribution in [0.4, 0.5) is 0 Å². The Labute approximate surface area is 322 Å². The number of carbonyl (C=O) groups is 3. The Bertz CT molecular complexity index is 1600. The molecule has 0 unspecified atom stereocenters. The summed E-state index contributed by atoms with van der Waals surface area (Å²) < 4.78 is 23.7. The molecule has 6 fully saturated rings. The Hall–Kier alpha value is -2.01. The van der Waals surface area contributed by atoms with Gasteiger partial charge in [-0.2, -0.15) is 0 Å². The molecule has 7 rings (SSSR count). The largest absolute Gasteiger partial charge is 0.481 e. The van der Waals surface area contributed by atoms with Crippen molar-refractivity contribution in [3.05, 3.63) is 11.6 Å². The van der Waals surface area contributed by atoms with Crippen LogP contribution in [-0.2, 0) is 33.3 Å². The van der Waals surface area contributed by atoms with E-state index < -0.39 is 89.6 Å². The average molecular weight is 779 g/mol. The van der Waals surface area contributed by atoms with E-state index in [2.05, 4.69) is 41.5 Å². The average Bonchev–Trinajstić information content (AvgIpc) is 3.10. The molecule has 0 aromatic carbocycles. The van der Waals surface area contributed by atoms with Crippen LogP contribution < -0.4 is 0 Å². The number of hydrogen-bond acceptors (Lipinski definition) is 12. The maximum absolute atomic E-state index is 14.8. The van der Waals surface area contributed by atoms with Crippen LogP contribution in [-0.4, -0.2) is 121 Å². The summed E-state index contributed by atoms with van der Waals surface area (Å²) in [6, 6.07) is 0. The first kappa shape index (κ1) is 41.2. The van der Waals surface area contributed by atoms with Gasteiger partial charge in [-0.3, -0.25) is 9.59 Å². The van der Waals surface area contributed by atoms with E-state index >= 15 is 0 Å². The summed E-state index contributed by atoms with van der Waals surface area (Å²) in [6.45, 7) is 14.7. The third kappa shape index (κ3) is 6.01. The van der Waals surface area contributed by atoms with Gasteiger partial charge in [-0.1, -0.05) is 47.1 Å². The topological polar surface area (TPSA) is 230 Å². The number of aliphatic hydroxyl groups is 5. The van der Waals surface area contributed by atoms with E-state index in [-0.39, 0.29) is 46.4 Å². The van der Waals surface area contributed by atoms with Crippen LogP contribution >= 0.6 is 0 Å². The first-order valence-electron chi connectivity index (χ1n) is 20.2. The normalized spacial score (nSPS) is 53.5. The zero-order valence-electron chi connectivity index (χ0n) is 33.1. The highest BCUT2D eigenvalue weighted by Crippen LogP contribution is 2.75. The van der Waals surface area contributed by atoms with Gasteiger partial charge in [0.2, 0.25) is 0 Å². The summed E-state index contributed by atoms with van der Waals surface area (Å²) in [4.78, 5) is 39.4. The van der Waals surface area contributed by atoms with Gasteiger partial charge in [0.15, 0.2) is 24.5 Å². The predicted octanol–water partition coefficient (Wildman–Crippen LogP) is 2.79. The monoisotopic (exact) mass is 778 g/mol. The van der Waals surface area contributed by atoms with Gasteiger partial charge in [0, 0.05) is 5.92 Å². The number of allylic oxidation sites excluding steroid dienone is 2. The van der Waals surface area contributed by atoms with Crippen LogP contribution in [0.5, 0.6) is 0 Å². The van der Waals surface area contributed by atoms with Gasteiger partial charge in [0.25, 0.3) is 0 Å². The van der Waals surface area contributed by atoms with Gasteiger partial charge in [-0.05, 0) is 110 Å². The molecule has 2 aliphatic heterocycles. The van der Waals surface area contributed by atoms with E-state index in [0.29, 0.717) is 25.7 Å². The first-order chi connectivity index (χ1) is 25.4. The summed E-state index contributed by atoms with van der Waals surface area (Å²) in [5, 5.41) is 72.8. The number of carboxylic acid groups (broad SMARTS) is 2. The minimum Gasteiger partial charge on any atom is -0.481 e. The van der Waals surface area contributed by atoms with Crippen molar-refractivity contribution in [3.8, 4) is 0 Å². The predicted molar refractivity (Wildman–Crippen MR) is 193 cm³/mol. The molecule has 0 amide bonds. The van der Waals surface area contributed by atoms with Crippen molar-refractivity contribution in [2.75, 3.05) is 6.61 Å². The second-order valence-corrected chi connectivity index (χ2v) is 20.1. The van der Waals surface area contributed by atoms with E-state index in [4.69, 9.17) is 18.9 Å². The molecule has 0 radical (unpaired) electrons. The van der Waals surface area contributed by atoms with E-state index in [1.54, 1.807) is 0 Å². The summed E-state index contributed by atoms with van der Waals surface area (Å²) in [5.74, 6) is -2.50. The first-order valence-corrected chi connectivity index (χ1v) is 20.2. The van der Waals surface area contributed by atoms with E-state index in [1.165, 1.54) is 0 Å². The Morgan fingerprint density at radius 2 is 1.45 bits per heavy atom. The van der Waals surface area contributed by atoms with Gasteiger partial charge >= 0.3 is 11.9 Å². The lowest BCUT2D eigenvalue weighted by atomic mass is 9.33. The van der Waals surface area contributed by atoms with Gasteiger partial charge in [-0.25, -0.2) is 4.79 Å². The molecular formula is C41H62O14. The number of aliphatic carboxylic acids is 2. The molecule has 310 valence electrons. The van der Waals surface area contributed by atoms with Crippen molar-refractivity contribution >= 4 is 17.7 Å². The van der Waals surface area contributed by atoms with Crippen LogP contribution in [0, 0.1) is 50.2 Å². The molecule has 55 heavy (non-hydrogen) atoms. The highest BCUT2D eigenvalue weighted by Gasteiger charge is 2.71. The number of carbonyl (C=O) groups excluding carboxylic acids is 1. The molecule has 14 heteroatoms. The van der Waals surface area contributed by atoms with E-state index in [9.17, 15) is 50.1 Å². The van der Waals surface area contributed by atoms with Gasteiger partial charge in [0.05, 0.1) is 18.1 Å². The number of rotatable bonds is 6. The molecule has 5 aliphatic carbocycles. The van der Waals surface area contributed by atoms with E-state index in [1.807, 2.05) is 13.0 Å². The van der Waals surface area contributed by atoms with Crippen LogP contribution in [0.1, 0.15) is 106 Å². The number of fused-ring (bicyclic) bond motifs is 7. The van der Waals surface area contributed by atoms with E-state index in [0.717, 1.165) is 37.7 Å². The van der Waals surface area contributed by atoms with Crippen LogP contribution in [0.2, 0.25) is 0 Å². The Kier molecular flexibility index (Phi) is 10.1. The molecule has 7 N–H and O–H groups in total. The Morgan fingerprint density at radius 3 is 2.11 bits per heavy atom. The molecule has 0 spiro atoms. The van der Waals surface area contributed by atoms with Crippen molar-refractivity contribution < 1.29 is 69.1 Å². The lowest BCUT2D eigenvalue weighted by Crippen LogP contribution is -2.68. The SMILES string of the molecule is CC1(C)[C@@H](O[C@H]2O[C@H](C(=O)O)[C@@H](O)[C@@H](O)[C@@H]2O[C@H]2OC[C@@H](O)[C@H](O)[C@@H]2O)CC[C@@]2(C)[C@@H]1CC[C@@]1(C)[C@H]2C(=O)C=C2[C@@H]3C[C@@](C)(C(=O)O)CC[C@]3(C)CC[C@]21C. The number of ether oxygens (including phenoxy) is 4. The highest BCUT2D eigenvalue weighted by molar-refractivity contribution is 5.95. The Morgan fingerprint density at radius 1 is 0.782 bits per heavy atom. The minimum atomic E-state index is -1.92. The fourth-order valence-electron chi connectivity index (χ4n) is 13.1. The summed E-state index contributed by atoms with van der Waals surface area (Å²) in [5.41, 5.74) is -1.48.